The second-order valence-electron chi connectivity index (χ2n) is 5.29. The molecule has 8 heteroatoms. The third-order valence-electron chi connectivity index (χ3n) is 3.47. The highest BCUT2D eigenvalue weighted by Crippen LogP contribution is 2.29. The molecule has 0 fully saturated rings. The summed E-state index contributed by atoms with van der Waals surface area (Å²) in [6, 6.07) is 9.20. The van der Waals surface area contributed by atoms with Crippen molar-refractivity contribution in [1.29, 1.82) is 5.26 Å². The van der Waals surface area contributed by atoms with Gasteiger partial charge in [0.2, 0.25) is 11.6 Å². The van der Waals surface area contributed by atoms with E-state index in [0.717, 1.165) is 5.76 Å². The second-order valence-corrected chi connectivity index (χ2v) is 6.07. The molecule has 0 spiro atoms. The van der Waals surface area contributed by atoms with E-state index in [2.05, 4.69) is 26.2 Å². The van der Waals surface area contributed by atoms with Gasteiger partial charge in [0.1, 0.15) is 11.8 Å². The molecule has 3 heterocycles. The summed E-state index contributed by atoms with van der Waals surface area (Å²) in [6.45, 7) is 0.492. The van der Waals surface area contributed by atoms with E-state index in [1.807, 2.05) is 37.2 Å². The standard InChI is InChI=1S/C16H15BrN4O3/c1-21(2)11(12-4-3-7-22-12)9-19-15-10(8-18)20-16(24-15)13-5-6-14(17)23-13/h3-7,11,19H,9H2,1-2H3/t11-/m0/s1. The van der Waals surface area contributed by atoms with E-state index in [1.165, 1.54) is 0 Å². The maximum atomic E-state index is 9.26. The molecule has 1 atom stereocenters. The van der Waals surface area contributed by atoms with E-state index >= 15 is 0 Å². The van der Waals surface area contributed by atoms with Crippen molar-refractivity contribution >= 4 is 21.8 Å². The average molecular weight is 391 g/mol. The number of rotatable bonds is 6. The Balaban J connectivity index is 1.79. The minimum atomic E-state index is -0.0159. The Morgan fingerprint density at radius 1 is 1.33 bits per heavy atom. The Kier molecular flexibility index (Phi) is 4.74. The van der Waals surface area contributed by atoms with E-state index in [1.54, 1.807) is 18.4 Å². The van der Waals surface area contributed by atoms with Crippen LogP contribution in [0.15, 0.2) is 48.4 Å². The molecule has 0 saturated carbocycles. The van der Waals surface area contributed by atoms with Crippen molar-refractivity contribution < 1.29 is 13.3 Å². The zero-order chi connectivity index (χ0) is 17.1. The molecule has 0 unspecified atom stereocenters. The van der Waals surface area contributed by atoms with Crippen LogP contribution in [0, 0.1) is 11.3 Å². The number of hydrogen-bond acceptors (Lipinski definition) is 7. The summed E-state index contributed by atoms with van der Waals surface area (Å²) in [4.78, 5) is 6.17. The van der Waals surface area contributed by atoms with Gasteiger partial charge in [0, 0.05) is 6.54 Å². The molecule has 0 aliphatic rings. The van der Waals surface area contributed by atoms with Gasteiger partial charge in [-0.15, -0.1) is 0 Å². The Labute approximate surface area is 147 Å². The number of halogens is 1. The van der Waals surface area contributed by atoms with Crippen LogP contribution in [0.1, 0.15) is 17.5 Å². The molecule has 124 valence electrons. The molecule has 0 bridgehead atoms. The van der Waals surface area contributed by atoms with Crippen LogP contribution >= 0.6 is 15.9 Å². The van der Waals surface area contributed by atoms with Crippen molar-refractivity contribution in [1.82, 2.24) is 9.88 Å². The van der Waals surface area contributed by atoms with Gasteiger partial charge in [0.25, 0.3) is 5.89 Å². The van der Waals surface area contributed by atoms with Crippen LogP contribution in [-0.2, 0) is 0 Å². The van der Waals surface area contributed by atoms with Gasteiger partial charge >= 0.3 is 0 Å². The minimum Gasteiger partial charge on any atom is -0.468 e. The molecule has 0 radical (unpaired) electrons. The van der Waals surface area contributed by atoms with Crippen molar-refractivity contribution in [2.75, 3.05) is 26.0 Å². The number of nitriles is 1. The van der Waals surface area contributed by atoms with Crippen LogP contribution in [0.5, 0.6) is 0 Å². The zero-order valence-corrected chi connectivity index (χ0v) is 14.7. The number of aromatic nitrogens is 1. The molecular formula is C16H15BrN4O3. The minimum absolute atomic E-state index is 0.0159. The fourth-order valence-electron chi connectivity index (χ4n) is 2.26. The van der Waals surface area contributed by atoms with E-state index in [-0.39, 0.29) is 17.6 Å². The largest absolute Gasteiger partial charge is 0.468 e. The van der Waals surface area contributed by atoms with Gasteiger partial charge in [-0.25, -0.2) is 0 Å². The summed E-state index contributed by atoms with van der Waals surface area (Å²) < 4.78 is 17.1. The first-order valence-corrected chi connectivity index (χ1v) is 7.98. The summed E-state index contributed by atoms with van der Waals surface area (Å²) in [6.07, 6.45) is 1.63. The normalized spacial score (nSPS) is 12.3. The van der Waals surface area contributed by atoms with Gasteiger partial charge in [0.05, 0.1) is 12.3 Å². The highest BCUT2D eigenvalue weighted by Gasteiger charge is 2.21. The topological polar surface area (TPSA) is 91.4 Å². The van der Waals surface area contributed by atoms with Crippen LogP contribution in [0.2, 0.25) is 0 Å². The van der Waals surface area contributed by atoms with E-state index in [4.69, 9.17) is 13.3 Å². The highest BCUT2D eigenvalue weighted by molar-refractivity contribution is 9.10. The van der Waals surface area contributed by atoms with Crippen molar-refractivity contribution in [3.05, 3.63) is 46.7 Å². The first-order valence-electron chi connectivity index (χ1n) is 7.19. The predicted octanol–water partition coefficient (Wildman–Crippen LogP) is 3.88. The third kappa shape index (κ3) is 3.37. The van der Waals surface area contributed by atoms with Gasteiger partial charge in [-0.2, -0.15) is 10.2 Å². The highest BCUT2D eigenvalue weighted by atomic mass is 79.9. The lowest BCUT2D eigenvalue weighted by atomic mass is 10.2. The number of anilines is 1. The molecule has 3 aromatic heterocycles. The summed E-state index contributed by atoms with van der Waals surface area (Å²) >= 11 is 3.23. The monoisotopic (exact) mass is 390 g/mol. The molecule has 0 aromatic carbocycles. The molecule has 0 aliphatic carbocycles. The predicted molar refractivity (Wildman–Crippen MR) is 90.2 cm³/mol. The summed E-state index contributed by atoms with van der Waals surface area (Å²) in [5, 5.41) is 12.4. The number of nitrogens with zero attached hydrogens (tertiary/aromatic N) is 3. The van der Waals surface area contributed by atoms with Crippen LogP contribution in [-0.4, -0.2) is 30.5 Å². The van der Waals surface area contributed by atoms with Crippen LogP contribution in [0.4, 0.5) is 5.88 Å². The maximum Gasteiger partial charge on any atom is 0.266 e. The molecule has 3 aromatic rings. The van der Waals surface area contributed by atoms with E-state index < -0.39 is 0 Å². The van der Waals surface area contributed by atoms with Crippen molar-refractivity contribution in [2.45, 2.75) is 6.04 Å². The van der Waals surface area contributed by atoms with Crippen molar-refractivity contribution in [3.63, 3.8) is 0 Å². The SMILES string of the molecule is CN(C)[C@@H](CNc1oc(-c2ccc(Br)o2)nc1C#N)c1ccco1. The van der Waals surface area contributed by atoms with Crippen molar-refractivity contribution in [3.8, 4) is 17.7 Å². The first-order chi connectivity index (χ1) is 11.6. The first kappa shape index (κ1) is 16.4. The van der Waals surface area contributed by atoms with Gasteiger partial charge in [-0.3, -0.25) is 4.90 Å². The lowest BCUT2D eigenvalue weighted by Crippen LogP contribution is -2.26. The molecule has 24 heavy (non-hydrogen) atoms. The lowest BCUT2D eigenvalue weighted by molar-refractivity contribution is 0.268. The van der Waals surface area contributed by atoms with Crippen LogP contribution in [0.3, 0.4) is 0 Å². The zero-order valence-electron chi connectivity index (χ0n) is 13.1. The summed E-state index contributed by atoms with van der Waals surface area (Å²) in [7, 11) is 3.90. The van der Waals surface area contributed by atoms with Crippen molar-refractivity contribution in [2.24, 2.45) is 0 Å². The lowest BCUT2D eigenvalue weighted by Gasteiger charge is -2.22. The van der Waals surface area contributed by atoms with Gasteiger partial charge in [0.15, 0.2) is 10.4 Å². The van der Waals surface area contributed by atoms with E-state index in [0.29, 0.717) is 22.9 Å². The number of likely N-dealkylation sites (N-methyl/N-ethyl adjacent to an activating group) is 1. The molecule has 0 saturated heterocycles. The molecule has 0 amide bonds. The quantitative estimate of drug-likeness (QED) is 0.682. The second kappa shape index (κ2) is 6.95. The Hall–Kier alpha value is -2.50. The van der Waals surface area contributed by atoms with E-state index in [9.17, 15) is 5.26 Å². The van der Waals surface area contributed by atoms with Crippen LogP contribution < -0.4 is 5.32 Å². The molecular weight excluding hydrogens is 376 g/mol. The number of oxazole rings is 1. The average Bonchev–Trinajstić information content (AvgIpc) is 3.27. The van der Waals surface area contributed by atoms with Gasteiger partial charge < -0.3 is 18.6 Å². The third-order valence-corrected chi connectivity index (χ3v) is 3.89. The Morgan fingerprint density at radius 2 is 2.17 bits per heavy atom. The fourth-order valence-corrected chi connectivity index (χ4v) is 2.56. The number of furan rings is 2. The summed E-state index contributed by atoms with van der Waals surface area (Å²) in [5.41, 5.74) is 0.175. The Morgan fingerprint density at radius 3 is 2.75 bits per heavy atom. The number of nitrogens with one attached hydrogen (secondary N) is 1. The summed E-state index contributed by atoms with van der Waals surface area (Å²) in [5.74, 6) is 1.82. The molecule has 3 rings (SSSR count). The van der Waals surface area contributed by atoms with Gasteiger partial charge in [-0.1, -0.05) is 0 Å². The molecule has 0 aliphatic heterocycles. The number of hydrogen-bond donors (Lipinski definition) is 1. The molecule has 1 N–H and O–H groups in total. The van der Waals surface area contributed by atoms with Crippen LogP contribution in [0.25, 0.3) is 11.7 Å². The van der Waals surface area contributed by atoms with Gasteiger partial charge in [-0.05, 0) is 54.3 Å². The Bertz CT molecular complexity index is 845. The fraction of sp³-hybridized carbons (Fsp3) is 0.250. The molecule has 7 nitrogen and oxygen atoms in total. The maximum absolute atomic E-state index is 9.26. The smallest absolute Gasteiger partial charge is 0.266 e.